The van der Waals surface area contributed by atoms with Crippen molar-refractivity contribution in [2.24, 2.45) is 10.8 Å². The third-order valence-corrected chi connectivity index (χ3v) is 7.71. The van der Waals surface area contributed by atoms with E-state index in [9.17, 15) is 0 Å². The van der Waals surface area contributed by atoms with E-state index in [1.165, 1.54) is 18.9 Å². The van der Waals surface area contributed by atoms with Gasteiger partial charge in [0, 0.05) is 8.07 Å². The molecule has 0 aliphatic carbocycles. The maximum absolute atomic E-state index is 2.57. The van der Waals surface area contributed by atoms with Crippen LogP contribution in [-0.2, 0) is 0 Å². The molecule has 1 atom stereocenters. The summed E-state index contributed by atoms with van der Waals surface area (Å²) in [6, 6.07) is 3.09. The van der Waals surface area contributed by atoms with Gasteiger partial charge in [0.25, 0.3) is 0 Å². The predicted octanol–water partition coefficient (Wildman–Crippen LogP) is 4.54. The Kier molecular flexibility index (Phi) is 2.71. The zero-order chi connectivity index (χ0) is 10.3. The van der Waals surface area contributed by atoms with Crippen molar-refractivity contribution in [1.82, 2.24) is 0 Å². The van der Waals surface area contributed by atoms with Gasteiger partial charge in [0.1, 0.15) is 0 Å². The molecule has 0 N–H and O–H groups in total. The fourth-order valence-corrected chi connectivity index (χ4v) is 6.96. The molecule has 1 saturated heterocycles. The first-order chi connectivity index (χ1) is 5.66. The molecular weight excluding hydrogens is 172 g/mol. The van der Waals surface area contributed by atoms with Crippen molar-refractivity contribution >= 4 is 8.07 Å². The lowest BCUT2D eigenvalue weighted by Gasteiger charge is -2.50. The zero-order valence-electron chi connectivity index (χ0n) is 10.3. The van der Waals surface area contributed by atoms with Gasteiger partial charge in [-0.15, -0.1) is 0 Å². The van der Waals surface area contributed by atoms with E-state index in [4.69, 9.17) is 0 Å². The molecule has 1 rings (SSSR count). The third kappa shape index (κ3) is 2.37. The van der Waals surface area contributed by atoms with Crippen LogP contribution in [-0.4, -0.2) is 8.07 Å². The van der Waals surface area contributed by atoms with E-state index < -0.39 is 8.07 Å². The van der Waals surface area contributed by atoms with E-state index in [-0.39, 0.29) is 0 Å². The van der Waals surface area contributed by atoms with Gasteiger partial charge in [0.15, 0.2) is 0 Å². The lowest BCUT2D eigenvalue weighted by molar-refractivity contribution is 0.110. The Balaban J connectivity index is 2.81. The van der Waals surface area contributed by atoms with Gasteiger partial charge >= 0.3 is 0 Å². The van der Waals surface area contributed by atoms with Gasteiger partial charge in [-0.25, -0.2) is 0 Å². The Hall–Kier alpha value is 0.217. The summed E-state index contributed by atoms with van der Waals surface area (Å²) in [5.41, 5.74) is 1.11. The smallest absolute Gasteiger partial charge is 0.0479 e. The molecule has 0 aromatic carbocycles. The molecule has 1 fully saturated rings. The largest absolute Gasteiger partial charge is 0.0693 e. The molecule has 1 aliphatic rings. The number of rotatable bonds is 0. The first kappa shape index (κ1) is 11.3. The maximum Gasteiger partial charge on any atom is 0.0479 e. The second kappa shape index (κ2) is 3.11. The van der Waals surface area contributed by atoms with Gasteiger partial charge < -0.3 is 0 Å². The van der Waals surface area contributed by atoms with Crippen LogP contribution in [0.5, 0.6) is 0 Å². The van der Waals surface area contributed by atoms with E-state index in [1.54, 1.807) is 6.04 Å². The molecule has 1 heterocycles. The van der Waals surface area contributed by atoms with Crippen LogP contribution in [0.25, 0.3) is 0 Å². The Morgan fingerprint density at radius 2 is 1.69 bits per heavy atom. The molecular formula is C12H26Si. The lowest BCUT2D eigenvalue weighted by atomic mass is 9.66. The molecule has 1 heteroatoms. The normalized spacial score (nSPS) is 34.6. The fraction of sp³-hybridized carbons (Fsp3) is 1.00. The van der Waals surface area contributed by atoms with Crippen molar-refractivity contribution in [3.05, 3.63) is 0 Å². The van der Waals surface area contributed by atoms with Crippen molar-refractivity contribution in [2.75, 3.05) is 0 Å². The first-order valence-corrected chi connectivity index (χ1v) is 9.08. The summed E-state index contributed by atoms with van der Waals surface area (Å²) in [5, 5.41) is 0. The molecule has 1 aliphatic heterocycles. The first-order valence-electron chi connectivity index (χ1n) is 5.66. The van der Waals surface area contributed by atoms with E-state index in [0.717, 1.165) is 0 Å². The van der Waals surface area contributed by atoms with Crippen molar-refractivity contribution in [3.8, 4) is 0 Å². The minimum atomic E-state index is -0.836. The summed E-state index contributed by atoms with van der Waals surface area (Å²) in [6.07, 6.45) is 2.93. The fourth-order valence-electron chi connectivity index (χ4n) is 2.83. The van der Waals surface area contributed by atoms with Crippen molar-refractivity contribution in [2.45, 2.75) is 65.7 Å². The summed E-state index contributed by atoms with van der Waals surface area (Å²) in [5.74, 6) is 0. The molecule has 0 bridgehead atoms. The highest BCUT2D eigenvalue weighted by Gasteiger charge is 2.44. The lowest BCUT2D eigenvalue weighted by Crippen LogP contribution is -2.44. The van der Waals surface area contributed by atoms with Crippen LogP contribution in [0.4, 0.5) is 0 Å². The van der Waals surface area contributed by atoms with Crippen LogP contribution in [0.15, 0.2) is 0 Å². The van der Waals surface area contributed by atoms with Crippen LogP contribution in [0.2, 0.25) is 25.2 Å². The highest BCUT2D eigenvalue weighted by atomic mass is 28.3. The van der Waals surface area contributed by atoms with Gasteiger partial charge in [0.05, 0.1) is 0 Å². The number of hydrogen-bond acceptors (Lipinski definition) is 0. The summed E-state index contributed by atoms with van der Waals surface area (Å²) >= 11 is 0. The monoisotopic (exact) mass is 198 g/mol. The van der Waals surface area contributed by atoms with Gasteiger partial charge in [-0.05, 0) is 17.3 Å². The van der Waals surface area contributed by atoms with E-state index in [1.807, 2.05) is 0 Å². The summed E-state index contributed by atoms with van der Waals surface area (Å²) in [6.45, 7) is 14.9. The zero-order valence-corrected chi connectivity index (χ0v) is 11.3. The minimum Gasteiger partial charge on any atom is -0.0693 e. The molecule has 78 valence electrons. The van der Waals surface area contributed by atoms with E-state index >= 15 is 0 Å². The van der Waals surface area contributed by atoms with Gasteiger partial charge in [-0.3, -0.25) is 0 Å². The second-order valence-electron chi connectivity index (χ2n) is 7.01. The van der Waals surface area contributed by atoms with Gasteiger partial charge in [-0.2, -0.15) is 0 Å². The molecule has 0 aromatic heterocycles. The van der Waals surface area contributed by atoms with Crippen LogP contribution in [0, 0.1) is 10.8 Å². The molecule has 0 nitrogen and oxygen atoms in total. The number of hydrogen-bond donors (Lipinski definition) is 0. The molecule has 0 spiro atoms. The SMILES string of the molecule is CC(C)(C)C1(C)CCC[Si](C)(C)C1. The van der Waals surface area contributed by atoms with Crippen LogP contribution in [0.3, 0.4) is 0 Å². The summed E-state index contributed by atoms with van der Waals surface area (Å²) in [4.78, 5) is 0. The molecule has 1 unspecified atom stereocenters. The predicted molar refractivity (Wildman–Crippen MR) is 63.9 cm³/mol. The topological polar surface area (TPSA) is 0 Å². The maximum atomic E-state index is 2.57. The molecule has 0 amide bonds. The molecule has 13 heavy (non-hydrogen) atoms. The van der Waals surface area contributed by atoms with Crippen molar-refractivity contribution < 1.29 is 0 Å². The van der Waals surface area contributed by atoms with E-state index in [0.29, 0.717) is 10.8 Å². The third-order valence-electron chi connectivity index (χ3n) is 4.26. The summed E-state index contributed by atoms with van der Waals surface area (Å²) in [7, 11) is -0.836. The Morgan fingerprint density at radius 3 is 2.00 bits per heavy atom. The van der Waals surface area contributed by atoms with Gasteiger partial charge in [-0.1, -0.05) is 59.3 Å². The molecule has 0 aromatic rings. The molecule has 0 saturated carbocycles. The average molecular weight is 198 g/mol. The van der Waals surface area contributed by atoms with Crippen LogP contribution >= 0.6 is 0 Å². The van der Waals surface area contributed by atoms with Crippen molar-refractivity contribution in [1.29, 1.82) is 0 Å². The van der Waals surface area contributed by atoms with E-state index in [2.05, 4.69) is 40.8 Å². The highest BCUT2D eigenvalue weighted by Crippen LogP contribution is 2.52. The second-order valence-corrected chi connectivity index (χ2v) is 12.2. The Morgan fingerprint density at radius 1 is 1.15 bits per heavy atom. The van der Waals surface area contributed by atoms with Crippen LogP contribution in [0.1, 0.15) is 40.5 Å². The molecule has 0 radical (unpaired) electrons. The quantitative estimate of drug-likeness (QED) is 0.501. The van der Waals surface area contributed by atoms with Crippen molar-refractivity contribution in [3.63, 3.8) is 0 Å². The summed E-state index contributed by atoms with van der Waals surface area (Å²) < 4.78 is 0. The highest BCUT2D eigenvalue weighted by molar-refractivity contribution is 6.77. The Labute approximate surface area is 85.1 Å². The van der Waals surface area contributed by atoms with Crippen LogP contribution < -0.4 is 0 Å². The standard InChI is InChI=1S/C12H26Si/c1-11(2,3)12(4)8-7-9-13(5,6)10-12/h7-10H2,1-6H3. The van der Waals surface area contributed by atoms with Gasteiger partial charge in [0.2, 0.25) is 0 Å². The Bertz CT molecular complexity index is 188. The minimum absolute atomic E-state index is 0.498. The average Bonchev–Trinajstić information content (AvgIpc) is 1.80.